The monoisotopic (exact) mass is 938 g/mol. The number of fused-ring (bicyclic) bond motifs is 1. The van der Waals surface area contributed by atoms with Crippen molar-refractivity contribution in [2.75, 3.05) is 78.6 Å². The second kappa shape index (κ2) is 23.1. The van der Waals surface area contributed by atoms with Crippen molar-refractivity contribution in [1.82, 2.24) is 39.5 Å². The van der Waals surface area contributed by atoms with E-state index in [2.05, 4.69) is 53.3 Å². The van der Waals surface area contributed by atoms with Crippen LogP contribution in [-0.2, 0) is 11.3 Å². The summed E-state index contributed by atoms with van der Waals surface area (Å²) >= 11 is 5.90. The Balaban J connectivity index is 0.000000187. The molecule has 1 N–H and O–H groups in total. The quantitative estimate of drug-likeness (QED) is 0.0976. The Hall–Kier alpha value is -7.03. The van der Waals surface area contributed by atoms with E-state index in [1.165, 1.54) is 29.2 Å². The molecule has 350 valence electrons. The van der Waals surface area contributed by atoms with Gasteiger partial charge in [-0.05, 0) is 99.4 Å². The lowest BCUT2D eigenvalue weighted by Gasteiger charge is -2.28. The van der Waals surface area contributed by atoms with Crippen LogP contribution in [0.4, 0.5) is 15.9 Å². The molecule has 0 radical (unpaired) electrons. The first-order valence-corrected chi connectivity index (χ1v) is 22.9. The fraction of sp³-hybridized carbons (Fsp3) is 0.314. The van der Waals surface area contributed by atoms with Crippen molar-refractivity contribution >= 4 is 34.0 Å². The molecule has 4 aromatic carbocycles. The van der Waals surface area contributed by atoms with Crippen LogP contribution in [0.1, 0.15) is 30.4 Å². The molecule has 0 atom stereocenters. The Kier molecular flexibility index (Phi) is 16.1. The first kappa shape index (κ1) is 47.5. The predicted octanol–water partition coefficient (Wildman–Crippen LogP) is 8.28. The number of aromatic nitrogens is 6. The Bertz CT molecular complexity index is 2900. The summed E-state index contributed by atoms with van der Waals surface area (Å²) in [7, 11) is 3.75. The lowest BCUT2D eigenvalue weighted by molar-refractivity contribution is 0.0357. The molecule has 9 rings (SSSR count). The molecule has 0 bridgehead atoms. The molecule has 0 amide bonds. The van der Waals surface area contributed by atoms with Gasteiger partial charge in [0.2, 0.25) is 0 Å². The van der Waals surface area contributed by atoms with Crippen molar-refractivity contribution in [3.8, 4) is 46.0 Å². The first-order chi connectivity index (χ1) is 33.2. The highest BCUT2D eigenvalue weighted by molar-refractivity contribution is 6.31. The Labute approximate surface area is 399 Å². The van der Waals surface area contributed by atoms with E-state index in [1.54, 1.807) is 49.8 Å². The van der Waals surface area contributed by atoms with Crippen LogP contribution in [0, 0.1) is 23.1 Å². The molecule has 2 saturated heterocycles. The lowest BCUT2D eigenvalue weighted by atomic mass is 9.98. The standard InChI is InChI=1S/C29H28N6O2.C22H24ClFN4O3/c1-34-12-10-21(11-13-34)20-37-26-17-31-29(32-18-26)25-7-3-5-23(15-25)19-35-28(36)9-8-27(33-35)24-6-2-4-22(14-24)16-30;1-29-20-13-19-16(12-21(20)31-8-2-5-28-6-9-30-10-7-28)22(26-14-25-19)27-15-3-4-18(24)17(23)11-15/h2-9,14-15,17-18,21H,10-13,19-20H2,1H3;3-4,11-14H,2,5-10H2,1H3,(H,25,26,27). The van der Waals surface area contributed by atoms with Gasteiger partial charge in [-0.3, -0.25) is 9.69 Å². The number of piperidine rings is 1. The highest BCUT2D eigenvalue weighted by atomic mass is 35.5. The molecule has 2 aliphatic rings. The number of ether oxygens (including phenoxy) is 4. The van der Waals surface area contributed by atoms with E-state index in [-0.39, 0.29) is 10.6 Å². The minimum atomic E-state index is -0.475. The highest BCUT2D eigenvalue weighted by Crippen LogP contribution is 2.35. The minimum absolute atomic E-state index is 0.0364. The number of anilines is 2. The molecule has 2 aliphatic heterocycles. The zero-order valence-corrected chi connectivity index (χ0v) is 38.7. The van der Waals surface area contributed by atoms with Gasteiger partial charge in [0.25, 0.3) is 5.56 Å². The summed E-state index contributed by atoms with van der Waals surface area (Å²) < 4.78 is 37.7. The number of halogens is 2. The van der Waals surface area contributed by atoms with Crippen molar-refractivity contribution in [1.29, 1.82) is 5.26 Å². The van der Waals surface area contributed by atoms with Gasteiger partial charge in [0.05, 0.1) is 80.3 Å². The van der Waals surface area contributed by atoms with Gasteiger partial charge < -0.3 is 29.2 Å². The SMILES string of the molecule is CN1CCC(COc2cnc(-c3cccc(Cn4nc(-c5cccc(C#N)c5)ccc4=O)c3)nc2)CC1.COc1cc2ncnc(Nc3ccc(F)c(Cl)c3)c2cc1OCCCN1CCOCC1. The van der Waals surface area contributed by atoms with Crippen LogP contribution in [0.15, 0.2) is 115 Å². The molecule has 17 heteroatoms. The van der Waals surface area contributed by atoms with Gasteiger partial charge in [0, 0.05) is 54.0 Å². The first-order valence-electron chi connectivity index (χ1n) is 22.5. The van der Waals surface area contributed by atoms with Gasteiger partial charge in [0.15, 0.2) is 23.1 Å². The van der Waals surface area contributed by atoms with Crippen LogP contribution in [-0.4, -0.2) is 113 Å². The highest BCUT2D eigenvalue weighted by Gasteiger charge is 2.18. The predicted molar refractivity (Wildman–Crippen MR) is 259 cm³/mol. The molecule has 15 nitrogen and oxygen atoms in total. The summed E-state index contributed by atoms with van der Waals surface area (Å²) in [6.07, 6.45) is 8.08. The zero-order valence-electron chi connectivity index (χ0n) is 38.0. The van der Waals surface area contributed by atoms with Gasteiger partial charge in [-0.15, -0.1) is 0 Å². The number of hydrogen-bond donors (Lipinski definition) is 1. The number of benzene rings is 4. The van der Waals surface area contributed by atoms with Crippen LogP contribution in [0.5, 0.6) is 17.2 Å². The number of nitrogens with zero attached hydrogens (tertiary/aromatic N) is 9. The number of morpholine rings is 1. The van der Waals surface area contributed by atoms with E-state index in [0.29, 0.717) is 77.0 Å². The summed E-state index contributed by atoms with van der Waals surface area (Å²) in [5, 5.41) is 17.7. The third-order valence-corrected chi connectivity index (χ3v) is 12.0. The number of nitrogens with one attached hydrogen (secondary N) is 1. The molecule has 5 heterocycles. The van der Waals surface area contributed by atoms with Gasteiger partial charge in [-0.25, -0.2) is 29.0 Å². The number of hydrogen-bond acceptors (Lipinski definition) is 14. The van der Waals surface area contributed by atoms with Gasteiger partial charge >= 0.3 is 0 Å². The van der Waals surface area contributed by atoms with Gasteiger partial charge in [-0.1, -0.05) is 41.9 Å². The molecule has 0 aliphatic carbocycles. The second-order valence-electron chi connectivity index (χ2n) is 16.6. The van der Waals surface area contributed by atoms with Crippen LogP contribution in [0.25, 0.3) is 33.5 Å². The van der Waals surface area contributed by atoms with Crippen molar-refractivity contribution in [2.24, 2.45) is 5.92 Å². The molecule has 0 unspecified atom stereocenters. The van der Waals surface area contributed by atoms with Gasteiger partial charge in [0.1, 0.15) is 18.0 Å². The summed E-state index contributed by atoms with van der Waals surface area (Å²) in [6.45, 7) is 8.22. The van der Waals surface area contributed by atoms with Crippen molar-refractivity contribution in [3.63, 3.8) is 0 Å². The molecule has 0 saturated carbocycles. The second-order valence-corrected chi connectivity index (χ2v) is 17.0. The molecule has 7 aromatic rings. The number of rotatable bonds is 15. The molecule has 3 aromatic heterocycles. The third kappa shape index (κ3) is 12.7. The Morgan fingerprint density at radius 1 is 0.882 bits per heavy atom. The zero-order chi connectivity index (χ0) is 47.2. The van der Waals surface area contributed by atoms with Crippen molar-refractivity contribution in [3.05, 3.63) is 142 Å². The van der Waals surface area contributed by atoms with Crippen LogP contribution < -0.4 is 25.1 Å². The number of likely N-dealkylation sites (tertiary alicyclic amines) is 1. The van der Waals surface area contributed by atoms with E-state index < -0.39 is 5.82 Å². The van der Waals surface area contributed by atoms with Crippen LogP contribution in [0.2, 0.25) is 5.02 Å². The summed E-state index contributed by atoms with van der Waals surface area (Å²) in [6, 6.07) is 28.3. The number of methoxy groups -OCH3 is 1. The van der Waals surface area contributed by atoms with Crippen LogP contribution >= 0.6 is 11.6 Å². The normalized spacial score (nSPS) is 14.4. The van der Waals surface area contributed by atoms with E-state index in [4.69, 9.17) is 30.5 Å². The lowest BCUT2D eigenvalue weighted by Crippen LogP contribution is -2.37. The van der Waals surface area contributed by atoms with E-state index in [1.807, 2.05) is 42.5 Å². The molecule has 68 heavy (non-hydrogen) atoms. The average molecular weight is 939 g/mol. The fourth-order valence-corrected chi connectivity index (χ4v) is 8.05. The van der Waals surface area contributed by atoms with Crippen LogP contribution in [0.3, 0.4) is 0 Å². The average Bonchev–Trinajstić information content (AvgIpc) is 3.37. The smallest absolute Gasteiger partial charge is 0.267 e. The topological polar surface area (TPSA) is 166 Å². The maximum absolute atomic E-state index is 13.5. The Morgan fingerprint density at radius 3 is 2.46 bits per heavy atom. The van der Waals surface area contributed by atoms with E-state index in [0.717, 1.165) is 87.3 Å². The molecule has 2 fully saturated rings. The van der Waals surface area contributed by atoms with Crippen molar-refractivity contribution in [2.45, 2.75) is 25.8 Å². The maximum atomic E-state index is 13.5. The fourth-order valence-electron chi connectivity index (χ4n) is 7.87. The maximum Gasteiger partial charge on any atom is 0.267 e. The molecule has 0 spiro atoms. The third-order valence-electron chi connectivity index (χ3n) is 11.7. The summed E-state index contributed by atoms with van der Waals surface area (Å²) in [4.78, 5) is 34.9. The molecular weight excluding hydrogens is 887 g/mol. The van der Waals surface area contributed by atoms with Gasteiger partial charge in [-0.2, -0.15) is 10.4 Å². The molecular formula is C51H52ClFN10O5. The van der Waals surface area contributed by atoms with E-state index >= 15 is 0 Å². The van der Waals surface area contributed by atoms with Crippen molar-refractivity contribution < 1.29 is 23.3 Å². The Morgan fingerprint density at radius 2 is 1.68 bits per heavy atom. The number of nitriles is 1. The summed E-state index contributed by atoms with van der Waals surface area (Å²) in [5.74, 6) is 3.15. The minimum Gasteiger partial charge on any atom is -0.493 e. The largest absolute Gasteiger partial charge is 0.493 e. The van der Waals surface area contributed by atoms with E-state index in [9.17, 15) is 14.4 Å². The summed E-state index contributed by atoms with van der Waals surface area (Å²) in [5.41, 5.74) is 4.83.